The van der Waals surface area contributed by atoms with Crippen molar-refractivity contribution in [1.82, 2.24) is 4.90 Å². The van der Waals surface area contributed by atoms with E-state index in [2.05, 4.69) is 0 Å². The van der Waals surface area contributed by atoms with Gasteiger partial charge < -0.3 is 14.6 Å². The summed E-state index contributed by atoms with van der Waals surface area (Å²) in [6.07, 6.45) is 2.79. The second-order valence-electron chi connectivity index (χ2n) is 5.89. The largest absolute Gasteiger partial charge is 0.504 e. The number of ether oxygens (including phenoxy) is 2. The summed E-state index contributed by atoms with van der Waals surface area (Å²) in [5.74, 6) is -0.121. The van der Waals surface area contributed by atoms with Crippen LogP contribution in [-0.4, -0.2) is 41.8 Å². The van der Waals surface area contributed by atoms with Gasteiger partial charge in [-0.1, -0.05) is 36.4 Å². The monoisotopic (exact) mass is 353 g/mol. The maximum atomic E-state index is 12.5. The number of imide groups is 1. The quantitative estimate of drug-likeness (QED) is 0.836. The first-order valence-electron chi connectivity index (χ1n) is 8.17. The number of nitrogens with zero attached hydrogens (tertiary/aromatic N) is 1. The minimum atomic E-state index is -0.635. The van der Waals surface area contributed by atoms with E-state index in [-0.39, 0.29) is 18.4 Å². The number of phenolic OH excluding ortho intramolecular Hbond substituents is 1. The van der Waals surface area contributed by atoms with E-state index in [0.29, 0.717) is 17.7 Å². The number of methoxy groups -OCH3 is 1. The Balaban J connectivity index is 1.73. The Labute approximate surface area is 151 Å². The van der Waals surface area contributed by atoms with Crippen LogP contribution in [0, 0.1) is 0 Å². The van der Waals surface area contributed by atoms with Crippen molar-refractivity contribution in [3.8, 4) is 11.5 Å². The number of cyclic esters (lactones) is 1. The summed E-state index contributed by atoms with van der Waals surface area (Å²) in [6, 6.07) is 14.0. The van der Waals surface area contributed by atoms with E-state index in [4.69, 9.17) is 9.47 Å². The molecule has 0 radical (unpaired) electrons. The molecule has 1 heterocycles. The van der Waals surface area contributed by atoms with Crippen molar-refractivity contribution in [1.29, 1.82) is 0 Å². The molecular weight excluding hydrogens is 334 g/mol. The minimum absolute atomic E-state index is 0.0158. The first-order chi connectivity index (χ1) is 12.6. The fourth-order valence-corrected chi connectivity index (χ4v) is 2.81. The Morgan fingerprint density at radius 3 is 2.81 bits per heavy atom. The lowest BCUT2D eigenvalue weighted by Crippen LogP contribution is -2.39. The third-order valence-electron chi connectivity index (χ3n) is 4.13. The van der Waals surface area contributed by atoms with Crippen LogP contribution in [0.5, 0.6) is 11.5 Å². The molecule has 6 nitrogen and oxygen atoms in total. The van der Waals surface area contributed by atoms with Gasteiger partial charge in [-0.3, -0.25) is 4.79 Å². The highest BCUT2D eigenvalue weighted by Gasteiger charge is 2.36. The molecule has 134 valence electrons. The van der Waals surface area contributed by atoms with Gasteiger partial charge in [-0.25, -0.2) is 9.69 Å². The van der Waals surface area contributed by atoms with Gasteiger partial charge in [0, 0.05) is 6.08 Å². The molecule has 2 aromatic rings. The fourth-order valence-electron chi connectivity index (χ4n) is 2.81. The van der Waals surface area contributed by atoms with Gasteiger partial charge in [-0.2, -0.15) is 0 Å². The number of rotatable bonds is 5. The molecule has 0 aromatic heterocycles. The number of carbonyl (C=O) groups is 2. The van der Waals surface area contributed by atoms with E-state index < -0.39 is 12.0 Å². The van der Waals surface area contributed by atoms with Crippen molar-refractivity contribution >= 4 is 18.1 Å². The zero-order valence-electron chi connectivity index (χ0n) is 14.3. The molecule has 2 aromatic carbocycles. The Hall–Kier alpha value is -3.28. The van der Waals surface area contributed by atoms with Gasteiger partial charge in [0.15, 0.2) is 11.5 Å². The number of phenols is 1. The Morgan fingerprint density at radius 1 is 1.31 bits per heavy atom. The number of aromatic hydroxyl groups is 1. The molecule has 3 rings (SSSR count). The number of hydrogen-bond donors (Lipinski definition) is 1. The molecule has 0 unspecified atom stereocenters. The molecule has 0 spiro atoms. The topological polar surface area (TPSA) is 76.1 Å². The van der Waals surface area contributed by atoms with Gasteiger partial charge in [0.1, 0.15) is 6.61 Å². The summed E-state index contributed by atoms with van der Waals surface area (Å²) in [4.78, 5) is 25.6. The normalized spacial score (nSPS) is 16.7. The average Bonchev–Trinajstić information content (AvgIpc) is 3.02. The summed E-state index contributed by atoms with van der Waals surface area (Å²) in [7, 11) is 1.45. The average molecular weight is 353 g/mol. The van der Waals surface area contributed by atoms with Gasteiger partial charge in [0.05, 0.1) is 13.2 Å². The van der Waals surface area contributed by atoms with Crippen LogP contribution in [-0.2, 0) is 16.0 Å². The van der Waals surface area contributed by atoms with E-state index in [1.54, 1.807) is 18.2 Å². The maximum absolute atomic E-state index is 12.5. The summed E-state index contributed by atoms with van der Waals surface area (Å²) < 4.78 is 10.1. The molecule has 1 fully saturated rings. The second kappa shape index (κ2) is 7.74. The van der Waals surface area contributed by atoms with Crippen LogP contribution in [0.4, 0.5) is 4.79 Å². The van der Waals surface area contributed by atoms with Gasteiger partial charge in [-0.15, -0.1) is 0 Å². The fraction of sp³-hybridized carbons (Fsp3) is 0.200. The highest BCUT2D eigenvalue weighted by atomic mass is 16.6. The summed E-state index contributed by atoms with van der Waals surface area (Å²) in [5, 5.41) is 9.61. The molecule has 0 aliphatic carbocycles. The lowest BCUT2D eigenvalue weighted by Gasteiger charge is -2.18. The molecule has 6 heteroatoms. The van der Waals surface area contributed by atoms with Crippen molar-refractivity contribution in [3.05, 3.63) is 65.7 Å². The van der Waals surface area contributed by atoms with Crippen LogP contribution in [0.2, 0.25) is 0 Å². The van der Waals surface area contributed by atoms with E-state index in [0.717, 1.165) is 10.5 Å². The zero-order chi connectivity index (χ0) is 18.5. The third-order valence-corrected chi connectivity index (χ3v) is 4.13. The minimum Gasteiger partial charge on any atom is -0.504 e. The lowest BCUT2D eigenvalue weighted by atomic mass is 10.1. The van der Waals surface area contributed by atoms with Crippen molar-refractivity contribution in [3.63, 3.8) is 0 Å². The van der Waals surface area contributed by atoms with Crippen LogP contribution >= 0.6 is 0 Å². The molecule has 1 atom stereocenters. The number of benzene rings is 2. The van der Waals surface area contributed by atoms with Crippen LogP contribution in [0.1, 0.15) is 11.1 Å². The molecule has 1 saturated heterocycles. The van der Waals surface area contributed by atoms with Gasteiger partial charge in [0.2, 0.25) is 0 Å². The predicted octanol–water partition coefficient (Wildman–Crippen LogP) is 3.00. The molecular formula is C20H19NO5. The first-order valence-corrected chi connectivity index (χ1v) is 8.17. The highest BCUT2D eigenvalue weighted by molar-refractivity contribution is 6.02. The Kier molecular flexibility index (Phi) is 5.22. The van der Waals surface area contributed by atoms with Crippen molar-refractivity contribution < 1.29 is 24.2 Å². The van der Waals surface area contributed by atoms with E-state index in [9.17, 15) is 14.7 Å². The molecule has 26 heavy (non-hydrogen) atoms. The number of hydrogen-bond acceptors (Lipinski definition) is 5. The zero-order valence-corrected chi connectivity index (χ0v) is 14.3. The second-order valence-corrected chi connectivity index (χ2v) is 5.89. The summed E-state index contributed by atoms with van der Waals surface area (Å²) >= 11 is 0. The van der Waals surface area contributed by atoms with Crippen LogP contribution < -0.4 is 4.74 Å². The van der Waals surface area contributed by atoms with Gasteiger partial charge >= 0.3 is 6.09 Å². The van der Waals surface area contributed by atoms with Crippen molar-refractivity contribution in [2.24, 2.45) is 0 Å². The summed E-state index contributed by atoms with van der Waals surface area (Å²) in [5.41, 5.74) is 1.70. The molecule has 0 saturated carbocycles. The SMILES string of the molecule is COc1cc(/C=C/C(=O)N2C(=O)OC[C@@H]2Cc2ccccc2)ccc1O. The van der Waals surface area contributed by atoms with E-state index >= 15 is 0 Å². The van der Waals surface area contributed by atoms with E-state index in [1.165, 1.54) is 19.3 Å². The molecule has 1 aliphatic heterocycles. The molecule has 2 amide bonds. The molecule has 1 N–H and O–H groups in total. The highest BCUT2D eigenvalue weighted by Crippen LogP contribution is 2.27. The Bertz CT molecular complexity index is 831. The van der Waals surface area contributed by atoms with Crippen molar-refractivity contribution in [2.75, 3.05) is 13.7 Å². The van der Waals surface area contributed by atoms with E-state index in [1.807, 2.05) is 30.3 Å². The number of carbonyl (C=O) groups excluding carboxylic acids is 2. The number of amides is 2. The van der Waals surface area contributed by atoms with Crippen LogP contribution in [0.15, 0.2) is 54.6 Å². The van der Waals surface area contributed by atoms with Crippen LogP contribution in [0.3, 0.4) is 0 Å². The Morgan fingerprint density at radius 2 is 2.08 bits per heavy atom. The smallest absolute Gasteiger partial charge is 0.417 e. The van der Waals surface area contributed by atoms with Gasteiger partial charge in [-0.05, 0) is 35.8 Å². The predicted molar refractivity (Wildman–Crippen MR) is 95.8 cm³/mol. The maximum Gasteiger partial charge on any atom is 0.417 e. The lowest BCUT2D eigenvalue weighted by molar-refractivity contribution is -0.124. The molecule has 0 bridgehead atoms. The first kappa shape index (κ1) is 17.5. The van der Waals surface area contributed by atoms with Crippen LogP contribution in [0.25, 0.3) is 6.08 Å². The third kappa shape index (κ3) is 3.85. The van der Waals surface area contributed by atoms with Gasteiger partial charge in [0.25, 0.3) is 5.91 Å². The van der Waals surface area contributed by atoms with Crippen molar-refractivity contribution in [2.45, 2.75) is 12.5 Å². The molecule has 1 aliphatic rings. The summed E-state index contributed by atoms with van der Waals surface area (Å²) in [6.45, 7) is 0.181. The standard InChI is InChI=1S/C20H19NO5/c1-25-18-12-15(7-9-17(18)22)8-10-19(23)21-16(13-26-20(21)24)11-14-5-3-2-4-6-14/h2-10,12,16,22H,11,13H2,1H3/b10-8+/t16-/m0/s1.